The third-order valence-electron chi connectivity index (χ3n) is 2.36. The summed E-state index contributed by atoms with van der Waals surface area (Å²) in [7, 11) is 0. The zero-order valence-corrected chi connectivity index (χ0v) is 9.72. The third-order valence-corrected chi connectivity index (χ3v) is 2.36. The lowest BCUT2D eigenvalue weighted by Crippen LogP contribution is -2.39. The predicted octanol–water partition coefficient (Wildman–Crippen LogP) is 2.17. The molecule has 0 aliphatic carbocycles. The standard InChI is InChI=1S/C12H17F2NO/c1-8(2)15-7-12(3,16)10-6-9(13)4-5-11(10)14/h4-6,8,15-16H,7H2,1-3H3. The molecule has 0 amide bonds. The van der Waals surface area contributed by atoms with Gasteiger partial charge in [-0.3, -0.25) is 0 Å². The maximum absolute atomic E-state index is 13.4. The maximum Gasteiger partial charge on any atom is 0.129 e. The molecule has 2 N–H and O–H groups in total. The highest BCUT2D eigenvalue weighted by atomic mass is 19.1. The van der Waals surface area contributed by atoms with E-state index in [2.05, 4.69) is 5.32 Å². The molecular weight excluding hydrogens is 212 g/mol. The number of hydrogen-bond acceptors (Lipinski definition) is 2. The summed E-state index contributed by atoms with van der Waals surface area (Å²) in [4.78, 5) is 0. The maximum atomic E-state index is 13.4. The quantitative estimate of drug-likeness (QED) is 0.829. The summed E-state index contributed by atoms with van der Waals surface area (Å²) in [6, 6.07) is 3.25. The lowest BCUT2D eigenvalue weighted by molar-refractivity contribution is 0.0509. The van der Waals surface area contributed by atoms with Crippen LogP contribution in [0.15, 0.2) is 18.2 Å². The molecule has 2 nitrogen and oxygen atoms in total. The van der Waals surface area contributed by atoms with Crippen molar-refractivity contribution < 1.29 is 13.9 Å². The first-order valence-electron chi connectivity index (χ1n) is 5.24. The van der Waals surface area contributed by atoms with Crippen LogP contribution < -0.4 is 5.32 Å². The Morgan fingerprint density at radius 2 is 2.00 bits per heavy atom. The number of aliphatic hydroxyl groups is 1. The molecule has 0 bridgehead atoms. The van der Waals surface area contributed by atoms with Crippen LogP contribution in [0, 0.1) is 11.6 Å². The Balaban J connectivity index is 2.92. The van der Waals surface area contributed by atoms with E-state index >= 15 is 0 Å². The number of hydrogen-bond donors (Lipinski definition) is 2. The SMILES string of the molecule is CC(C)NCC(C)(O)c1cc(F)ccc1F. The fraction of sp³-hybridized carbons (Fsp3) is 0.500. The highest BCUT2D eigenvalue weighted by Crippen LogP contribution is 2.23. The smallest absolute Gasteiger partial charge is 0.129 e. The second kappa shape index (κ2) is 4.89. The molecule has 0 spiro atoms. The molecule has 0 heterocycles. The molecule has 90 valence electrons. The Morgan fingerprint density at radius 1 is 1.38 bits per heavy atom. The van der Waals surface area contributed by atoms with Crippen molar-refractivity contribution in [1.29, 1.82) is 0 Å². The first-order valence-corrected chi connectivity index (χ1v) is 5.24. The van der Waals surface area contributed by atoms with Gasteiger partial charge in [-0.1, -0.05) is 13.8 Å². The molecule has 1 aromatic rings. The fourth-order valence-corrected chi connectivity index (χ4v) is 1.41. The molecule has 0 fully saturated rings. The van der Waals surface area contributed by atoms with Crippen LogP contribution in [-0.2, 0) is 5.60 Å². The lowest BCUT2D eigenvalue weighted by Gasteiger charge is -2.26. The molecule has 0 saturated carbocycles. The van der Waals surface area contributed by atoms with Gasteiger partial charge in [-0.25, -0.2) is 8.78 Å². The average molecular weight is 229 g/mol. The van der Waals surface area contributed by atoms with Crippen molar-refractivity contribution in [3.05, 3.63) is 35.4 Å². The molecule has 0 radical (unpaired) electrons. The third kappa shape index (κ3) is 3.25. The Kier molecular flexibility index (Phi) is 3.99. The van der Waals surface area contributed by atoms with E-state index in [0.717, 1.165) is 18.2 Å². The summed E-state index contributed by atoms with van der Waals surface area (Å²) >= 11 is 0. The van der Waals surface area contributed by atoms with Crippen LogP contribution in [0.4, 0.5) is 8.78 Å². The van der Waals surface area contributed by atoms with E-state index < -0.39 is 17.2 Å². The van der Waals surface area contributed by atoms with Crippen LogP contribution in [0.5, 0.6) is 0 Å². The second-order valence-electron chi connectivity index (χ2n) is 4.43. The van der Waals surface area contributed by atoms with Crippen LogP contribution in [0.25, 0.3) is 0 Å². The van der Waals surface area contributed by atoms with Gasteiger partial charge in [0.15, 0.2) is 0 Å². The van der Waals surface area contributed by atoms with E-state index in [-0.39, 0.29) is 18.2 Å². The van der Waals surface area contributed by atoms with Gasteiger partial charge in [-0.2, -0.15) is 0 Å². The summed E-state index contributed by atoms with van der Waals surface area (Å²) < 4.78 is 26.4. The summed E-state index contributed by atoms with van der Waals surface area (Å²) in [5, 5.41) is 13.1. The Morgan fingerprint density at radius 3 is 2.56 bits per heavy atom. The normalized spacial score (nSPS) is 15.2. The van der Waals surface area contributed by atoms with Crippen molar-refractivity contribution in [2.24, 2.45) is 0 Å². The van der Waals surface area contributed by atoms with Crippen LogP contribution in [0.3, 0.4) is 0 Å². The molecule has 0 aromatic heterocycles. The second-order valence-corrected chi connectivity index (χ2v) is 4.43. The molecule has 1 atom stereocenters. The van der Waals surface area contributed by atoms with Crippen LogP contribution in [-0.4, -0.2) is 17.7 Å². The fourth-order valence-electron chi connectivity index (χ4n) is 1.41. The molecule has 1 unspecified atom stereocenters. The van der Waals surface area contributed by atoms with E-state index in [0.29, 0.717) is 0 Å². The summed E-state index contributed by atoms with van der Waals surface area (Å²) in [5.74, 6) is -1.15. The van der Waals surface area contributed by atoms with Gasteiger partial charge in [0.1, 0.15) is 17.2 Å². The molecule has 4 heteroatoms. The summed E-state index contributed by atoms with van der Waals surface area (Å²) in [6.45, 7) is 5.46. The largest absolute Gasteiger partial charge is 0.384 e. The predicted molar refractivity (Wildman–Crippen MR) is 59.1 cm³/mol. The van der Waals surface area contributed by atoms with Crippen molar-refractivity contribution in [2.45, 2.75) is 32.4 Å². The van der Waals surface area contributed by atoms with Gasteiger partial charge in [-0.15, -0.1) is 0 Å². The van der Waals surface area contributed by atoms with E-state index in [1.807, 2.05) is 13.8 Å². The monoisotopic (exact) mass is 229 g/mol. The van der Waals surface area contributed by atoms with Crippen LogP contribution in [0.2, 0.25) is 0 Å². The summed E-state index contributed by atoms with van der Waals surface area (Å²) in [5.41, 5.74) is -1.45. The van der Waals surface area contributed by atoms with Crippen LogP contribution >= 0.6 is 0 Å². The van der Waals surface area contributed by atoms with Gasteiger partial charge in [-0.05, 0) is 25.1 Å². The van der Waals surface area contributed by atoms with Gasteiger partial charge < -0.3 is 10.4 Å². The van der Waals surface area contributed by atoms with Crippen LogP contribution in [0.1, 0.15) is 26.3 Å². The number of benzene rings is 1. The van der Waals surface area contributed by atoms with E-state index in [9.17, 15) is 13.9 Å². The van der Waals surface area contributed by atoms with Crippen molar-refractivity contribution in [3.63, 3.8) is 0 Å². The van der Waals surface area contributed by atoms with Crippen molar-refractivity contribution in [3.8, 4) is 0 Å². The molecule has 1 aromatic carbocycles. The Hall–Kier alpha value is -1.00. The van der Waals surface area contributed by atoms with Crippen molar-refractivity contribution in [2.75, 3.05) is 6.54 Å². The van der Waals surface area contributed by atoms with E-state index in [4.69, 9.17) is 0 Å². The molecule has 0 aliphatic heterocycles. The van der Waals surface area contributed by atoms with Gasteiger partial charge in [0.05, 0.1) is 0 Å². The minimum Gasteiger partial charge on any atom is -0.384 e. The zero-order valence-electron chi connectivity index (χ0n) is 9.72. The van der Waals surface area contributed by atoms with Crippen molar-refractivity contribution in [1.82, 2.24) is 5.32 Å². The lowest BCUT2D eigenvalue weighted by atomic mass is 9.95. The van der Waals surface area contributed by atoms with Gasteiger partial charge >= 0.3 is 0 Å². The number of rotatable bonds is 4. The Bertz CT molecular complexity index is 364. The average Bonchev–Trinajstić information content (AvgIpc) is 2.19. The van der Waals surface area contributed by atoms with E-state index in [1.165, 1.54) is 6.92 Å². The molecule has 16 heavy (non-hydrogen) atoms. The topological polar surface area (TPSA) is 32.3 Å². The molecule has 0 aliphatic rings. The minimum absolute atomic E-state index is 0.0272. The molecule has 0 saturated heterocycles. The molecular formula is C12H17F2NO. The van der Waals surface area contributed by atoms with Gasteiger partial charge in [0.25, 0.3) is 0 Å². The minimum atomic E-state index is -1.42. The van der Waals surface area contributed by atoms with Gasteiger partial charge in [0, 0.05) is 18.2 Å². The first kappa shape index (κ1) is 13.1. The number of halogens is 2. The van der Waals surface area contributed by atoms with Gasteiger partial charge in [0.2, 0.25) is 0 Å². The molecule has 1 rings (SSSR count). The first-order chi connectivity index (χ1) is 7.33. The van der Waals surface area contributed by atoms with E-state index in [1.54, 1.807) is 0 Å². The highest BCUT2D eigenvalue weighted by Gasteiger charge is 2.26. The van der Waals surface area contributed by atoms with Crippen molar-refractivity contribution >= 4 is 0 Å². The Labute approximate surface area is 94.3 Å². The zero-order chi connectivity index (χ0) is 12.3. The summed E-state index contributed by atoms with van der Waals surface area (Å²) in [6.07, 6.45) is 0. The highest BCUT2D eigenvalue weighted by molar-refractivity contribution is 5.25. The number of nitrogens with one attached hydrogen (secondary N) is 1.